The molecular weight excluding hydrogens is 224 g/mol. The summed E-state index contributed by atoms with van der Waals surface area (Å²) in [4.78, 5) is 10.9. The van der Waals surface area contributed by atoms with Crippen molar-refractivity contribution in [2.24, 2.45) is 0 Å². The fourth-order valence-electron chi connectivity index (χ4n) is 1.55. The van der Waals surface area contributed by atoms with Gasteiger partial charge in [-0.25, -0.2) is 0 Å². The molecular formula is C12H11ClN2O. The molecule has 0 amide bonds. The summed E-state index contributed by atoms with van der Waals surface area (Å²) in [5, 5.41) is 4.98. The number of benzene rings is 1. The van der Waals surface area contributed by atoms with E-state index in [-0.39, 0.29) is 0 Å². The Bertz CT molecular complexity index is 519. The Labute approximate surface area is 98.7 Å². The zero-order chi connectivity index (χ0) is 11.5. The van der Waals surface area contributed by atoms with Crippen LogP contribution in [-0.4, -0.2) is 16.1 Å². The second-order valence-corrected chi connectivity index (χ2v) is 3.85. The Hall–Kier alpha value is -1.61. The van der Waals surface area contributed by atoms with E-state index in [0.717, 1.165) is 18.4 Å². The predicted molar refractivity (Wildman–Crippen MR) is 63.7 cm³/mol. The van der Waals surface area contributed by atoms with Gasteiger partial charge in [-0.3, -0.25) is 9.48 Å². The molecule has 3 nitrogen and oxygen atoms in total. The number of hydrogen-bond acceptors (Lipinski definition) is 2. The smallest absolute Gasteiger partial charge is 0.153 e. The molecule has 0 fully saturated rings. The maximum absolute atomic E-state index is 10.9. The summed E-state index contributed by atoms with van der Waals surface area (Å²) in [6, 6.07) is 7.33. The molecule has 0 bridgehead atoms. The minimum absolute atomic E-state index is 0.587. The number of aldehydes is 1. The highest BCUT2D eigenvalue weighted by molar-refractivity contribution is 6.30. The van der Waals surface area contributed by atoms with Gasteiger partial charge in [0.15, 0.2) is 6.29 Å². The molecule has 0 aliphatic rings. The number of aromatic nitrogens is 2. The standard InChI is InChI=1S/C12H11ClN2O/c1-2-15-7-10(8-16)12(14-15)9-4-3-5-11(13)6-9/h3-8H,2H2,1H3. The summed E-state index contributed by atoms with van der Waals surface area (Å²) >= 11 is 5.91. The lowest BCUT2D eigenvalue weighted by atomic mass is 10.1. The minimum atomic E-state index is 0.587. The largest absolute Gasteiger partial charge is 0.298 e. The van der Waals surface area contributed by atoms with Crippen LogP contribution in [0, 0.1) is 0 Å². The Morgan fingerprint density at radius 2 is 2.31 bits per heavy atom. The van der Waals surface area contributed by atoms with Crippen LogP contribution in [0.5, 0.6) is 0 Å². The van der Waals surface area contributed by atoms with Gasteiger partial charge in [-0.1, -0.05) is 23.7 Å². The molecule has 16 heavy (non-hydrogen) atoms. The predicted octanol–water partition coefficient (Wildman–Crippen LogP) is 3.04. The van der Waals surface area contributed by atoms with Crippen LogP contribution in [0.3, 0.4) is 0 Å². The highest BCUT2D eigenvalue weighted by Gasteiger charge is 2.09. The number of aryl methyl sites for hydroxylation is 1. The molecule has 0 radical (unpaired) electrons. The van der Waals surface area contributed by atoms with Crippen LogP contribution in [-0.2, 0) is 6.54 Å². The maximum atomic E-state index is 10.9. The molecule has 1 aromatic heterocycles. The van der Waals surface area contributed by atoms with E-state index in [9.17, 15) is 4.79 Å². The summed E-state index contributed by atoms with van der Waals surface area (Å²) in [6.07, 6.45) is 2.55. The lowest BCUT2D eigenvalue weighted by Gasteiger charge is -1.98. The highest BCUT2D eigenvalue weighted by Crippen LogP contribution is 2.23. The average Bonchev–Trinajstić information content (AvgIpc) is 2.72. The van der Waals surface area contributed by atoms with Gasteiger partial charge >= 0.3 is 0 Å². The zero-order valence-corrected chi connectivity index (χ0v) is 9.61. The molecule has 0 unspecified atom stereocenters. The van der Waals surface area contributed by atoms with Crippen molar-refractivity contribution in [3.8, 4) is 11.3 Å². The summed E-state index contributed by atoms with van der Waals surface area (Å²) in [5.41, 5.74) is 2.13. The fraction of sp³-hybridized carbons (Fsp3) is 0.167. The van der Waals surface area contributed by atoms with Gasteiger partial charge in [-0.05, 0) is 19.1 Å². The quantitative estimate of drug-likeness (QED) is 0.766. The van der Waals surface area contributed by atoms with Gasteiger partial charge in [0.05, 0.1) is 5.56 Å². The Kier molecular flexibility index (Phi) is 3.06. The van der Waals surface area contributed by atoms with Crippen molar-refractivity contribution in [3.05, 3.63) is 41.0 Å². The number of hydrogen-bond donors (Lipinski definition) is 0. The van der Waals surface area contributed by atoms with Gasteiger partial charge in [0.2, 0.25) is 0 Å². The van der Waals surface area contributed by atoms with E-state index < -0.39 is 0 Å². The lowest BCUT2D eigenvalue weighted by Crippen LogP contribution is -1.93. The van der Waals surface area contributed by atoms with Crippen LogP contribution in [0.25, 0.3) is 11.3 Å². The maximum Gasteiger partial charge on any atom is 0.153 e. The number of carbonyl (C=O) groups is 1. The fourth-order valence-corrected chi connectivity index (χ4v) is 1.74. The van der Waals surface area contributed by atoms with Crippen LogP contribution in [0.15, 0.2) is 30.5 Å². The Morgan fingerprint density at radius 3 is 2.94 bits per heavy atom. The molecule has 0 aliphatic carbocycles. The summed E-state index contributed by atoms with van der Waals surface area (Å²) < 4.78 is 1.74. The average molecular weight is 235 g/mol. The lowest BCUT2D eigenvalue weighted by molar-refractivity contribution is 0.112. The molecule has 4 heteroatoms. The first kappa shape index (κ1) is 10.9. The highest BCUT2D eigenvalue weighted by atomic mass is 35.5. The molecule has 0 saturated heterocycles. The molecule has 0 N–H and O–H groups in total. The first-order valence-corrected chi connectivity index (χ1v) is 5.41. The van der Waals surface area contributed by atoms with E-state index in [0.29, 0.717) is 16.3 Å². The van der Waals surface area contributed by atoms with Gasteiger partial charge in [0.1, 0.15) is 5.69 Å². The number of nitrogens with zero attached hydrogens (tertiary/aromatic N) is 2. The second kappa shape index (κ2) is 4.49. The van der Waals surface area contributed by atoms with Crippen LogP contribution >= 0.6 is 11.6 Å². The minimum Gasteiger partial charge on any atom is -0.298 e. The molecule has 2 rings (SSSR count). The van der Waals surface area contributed by atoms with Crippen molar-refractivity contribution >= 4 is 17.9 Å². The van der Waals surface area contributed by atoms with E-state index in [1.54, 1.807) is 23.0 Å². The molecule has 0 aliphatic heterocycles. The van der Waals surface area contributed by atoms with Crippen molar-refractivity contribution in [2.75, 3.05) is 0 Å². The third kappa shape index (κ3) is 1.99. The monoisotopic (exact) mass is 234 g/mol. The van der Waals surface area contributed by atoms with E-state index in [1.165, 1.54) is 0 Å². The van der Waals surface area contributed by atoms with Crippen LogP contribution in [0.1, 0.15) is 17.3 Å². The zero-order valence-electron chi connectivity index (χ0n) is 8.85. The molecule has 1 aromatic carbocycles. The van der Waals surface area contributed by atoms with Gasteiger partial charge in [0, 0.05) is 23.3 Å². The van der Waals surface area contributed by atoms with Gasteiger partial charge < -0.3 is 0 Å². The van der Waals surface area contributed by atoms with E-state index in [4.69, 9.17) is 11.6 Å². The molecule has 0 atom stereocenters. The van der Waals surface area contributed by atoms with Crippen LogP contribution < -0.4 is 0 Å². The normalized spacial score (nSPS) is 10.4. The van der Waals surface area contributed by atoms with Gasteiger partial charge in [-0.2, -0.15) is 5.10 Å². The first-order valence-electron chi connectivity index (χ1n) is 5.03. The topological polar surface area (TPSA) is 34.9 Å². The second-order valence-electron chi connectivity index (χ2n) is 3.42. The number of carbonyl (C=O) groups excluding carboxylic acids is 1. The van der Waals surface area contributed by atoms with Gasteiger partial charge in [-0.15, -0.1) is 0 Å². The summed E-state index contributed by atoms with van der Waals surface area (Å²) in [5.74, 6) is 0. The number of halogens is 1. The van der Waals surface area contributed by atoms with E-state index in [2.05, 4.69) is 5.10 Å². The first-order chi connectivity index (χ1) is 7.74. The van der Waals surface area contributed by atoms with E-state index in [1.807, 2.05) is 19.1 Å². The van der Waals surface area contributed by atoms with Crippen LogP contribution in [0.2, 0.25) is 5.02 Å². The summed E-state index contributed by atoms with van der Waals surface area (Å²) in [6.45, 7) is 2.71. The third-order valence-electron chi connectivity index (χ3n) is 2.34. The van der Waals surface area contributed by atoms with Crippen molar-refractivity contribution in [3.63, 3.8) is 0 Å². The molecule has 0 spiro atoms. The van der Waals surface area contributed by atoms with Crippen molar-refractivity contribution in [1.82, 2.24) is 9.78 Å². The summed E-state index contributed by atoms with van der Waals surface area (Å²) in [7, 11) is 0. The van der Waals surface area contributed by atoms with E-state index >= 15 is 0 Å². The Morgan fingerprint density at radius 1 is 1.50 bits per heavy atom. The third-order valence-corrected chi connectivity index (χ3v) is 2.57. The molecule has 82 valence electrons. The molecule has 1 heterocycles. The SMILES string of the molecule is CCn1cc(C=O)c(-c2cccc(Cl)c2)n1. The number of rotatable bonds is 3. The van der Waals surface area contributed by atoms with Crippen molar-refractivity contribution in [2.45, 2.75) is 13.5 Å². The van der Waals surface area contributed by atoms with Crippen molar-refractivity contribution < 1.29 is 4.79 Å². The molecule has 2 aromatic rings. The van der Waals surface area contributed by atoms with Gasteiger partial charge in [0.25, 0.3) is 0 Å². The Balaban J connectivity index is 2.54. The molecule has 0 saturated carbocycles. The van der Waals surface area contributed by atoms with Crippen LogP contribution in [0.4, 0.5) is 0 Å². The van der Waals surface area contributed by atoms with Crippen molar-refractivity contribution in [1.29, 1.82) is 0 Å².